The molecule has 2 aromatic carbocycles. The SMILES string of the molecule is CN(C)CCc1c[nH]c2ccc(C=CS(=O)(=O)NCc3ccc(C(N)=O)cc3)cc12. The fourth-order valence-electron chi connectivity index (χ4n) is 3.04. The summed E-state index contributed by atoms with van der Waals surface area (Å²) < 4.78 is 27.2. The molecule has 0 saturated heterocycles. The molecule has 3 aromatic rings. The molecule has 1 aromatic heterocycles. The number of sulfonamides is 1. The van der Waals surface area contributed by atoms with Crippen molar-refractivity contribution in [1.29, 1.82) is 0 Å². The Hall–Kier alpha value is -2.94. The number of nitrogens with two attached hydrogens (primary N) is 1. The second-order valence-electron chi connectivity index (χ2n) is 7.40. The normalized spacial score (nSPS) is 12.2. The molecule has 0 saturated carbocycles. The zero-order valence-electron chi connectivity index (χ0n) is 17.1. The van der Waals surface area contributed by atoms with Crippen LogP contribution in [0.2, 0.25) is 0 Å². The third-order valence-corrected chi connectivity index (χ3v) is 5.82. The number of aromatic amines is 1. The highest BCUT2D eigenvalue weighted by Gasteiger charge is 2.08. The van der Waals surface area contributed by atoms with Gasteiger partial charge in [0.05, 0.1) is 0 Å². The van der Waals surface area contributed by atoms with Crippen molar-refractivity contribution in [3.05, 3.63) is 76.3 Å². The molecule has 0 aliphatic rings. The van der Waals surface area contributed by atoms with E-state index in [1.165, 1.54) is 5.56 Å². The van der Waals surface area contributed by atoms with Crippen LogP contribution in [0.15, 0.2) is 54.1 Å². The van der Waals surface area contributed by atoms with Gasteiger partial charge in [0.2, 0.25) is 15.9 Å². The summed E-state index contributed by atoms with van der Waals surface area (Å²) in [6.45, 7) is 1.06. The van der Waals surface area contributed by atoms with Crippen LogP contribution in [0.5, 0.6) is 0 Å². The van der Waals surface area contributed by atoms with Crippen molar-refractivity contribution in [3.8, 4) is 0 Å². The number of likely N-dealkylation sites (N-methyl/N-ethyl adjacent to an activating group) is 1. The van der Waals surface area contributed by atoms with E-state index in [1.807, 2.05) is 38.5 Å². The van der Waals surface area contributed by atoms with Crippen LogP contribution in [0, 0.1) is 0 Å². The van der Waals surface area contributed by atoms with Gasteiger partial charge in [-0.25, -0.2) is 13.1 Å². The Bertz CT molecular complexity index is 1160. The monoisotopic (exact) mass is 426 g/mol. The maximum atomic E-state index is 12.3. The van der Waals surface area contributed by atoms with Gasteiger partial charge in [0.1, 0.15) is 0 Å². The molecule has 158 valence electrons. The number of H-pyrrole nitrogens is 1. The largest absolute Gasteiger partial charge is 0.366 e. The minimum Gasteiger partial charge on any atom is -0.366 e. The fraction of sp³-hybridized carbons (Fsp3) is 0.227. The lowest BCUT2D eigenvalue weighted by Gasteiger charge is -2.08. The number of rotatable bonds is 9. The molecule has 30 heavy (non-hydrogen) atoms. The summed E-state index contributed by atoms with van der Waals surface area (Å²) >= 11 is 0. The van der Waals surface area contributed by atoms with E-state index < -0.39 is 15.9 Å². The number of hydrogen-bond donors (Lipinski definition) is 3. The van der Waals surface area contributed by atoms with Crippen molar-refractivity contribution in [2.45, 2.75) is 13.0 Å². The molecule has 0 bridgehead atoms. The zero-order valence-corrected chi connectivity index (χ0v) is 17.9. The summed E-state index contributed by atoms with van der Waals surface area (Å²) in [5, 5.41) is 2.26. The first-order valence-corrected chi connectivity index (χ1v) is 11.1. The zero-order chi connectivity index (χ0) is 21.7. The number of benzene rings is 2. The predicted octanol–water partition coefficient (Wildman–Crippen LogP) is 2.46. The van der Waals surface area contributed by atoms with Crippen LogP contribution in [-0.2, 0) is 23.0 Å². The van der Waals surface area contributed by atoms with Crippen molar-refractivity contribution in [2.75, 3.05) is 20.6 Å². The molecule has 1 amide bonds. The van der Waals surface area contributed by atoms with E-state index in [2.05, 4.69) is 14.6 Å². The molecular weight excluding hydrogens is 400 g/mol. The van der Waals surface area contributed by atoms with Crippen LogP contribution < -0.4 is 10.5 Å². The summed E-state index contributed by atoms with van der Waals surface area (Å²) in [4.78, 5) is 16.5. The van der Waals surface area contributed by atoms with E-state index in [1.54, 1.807) is 30.3 Å². The number of fused-ring (bicyclic) bond motifs is 1. The van der Waals surface area contributed by atoms with E-state index in [4.69, 9.17) is 5.73 Å². The van der Waals surface area contributed by atoms with Gasteiger partial charge in [-0.15, -0.1) is 0 Å². The number of amides is 1. The second-order valence-corrected chi connectivity index (χ2v) is 9.05. The smallest absolute Gasteiger partial charge is 0.248 e. The van der Waals surface area contributed by atoms with E-state index >= 15 is 0 Å². The van der Waals surface area contributed by atoms with Crippen LogP contribution in [0.1, 0.15) is 27.0 Å². The first kappa shape index (κ1) is 21.8. The molecule has 8 heteroatoms. The van der Waals surface area contributed by atoms with Gasteiger partial charge in [-0.05, 0) is 67.5 Å². The molecule has 1 heterocycles. The number of carbonyl (C=O) groups excluding carboxylic acids is 1. The number of primary amides is 1. The first-order valence-electron chi connectivity index (χ1n) is 9.55. The third kappa shape index (κ3) is 5.79. The third-order valence-electron chi connectivity index (χ3n) is 4.78. The Morgan fingerprint density at radius 2 is 1.90 bits per heavy atom. The van der Waals surface area contributed by atoms with Gasteiger partial charge < -0.3 is 15.6 Å². The quantitative estimate of drug-likeness (QED) is 0.488. The molecule has 0 fully saturated rings. The maximum Gasteiger partial charge on any atom is 0.248 e. The average molecular weight is 427 g/mol. The summed E-state index contributed by atoms with van der Waals surface area (Å²) in [7, 11) is 0.457. The van der Waals surface area contributed by atoms with Gasteiger partial charge in [0.25, 0.3) is 0 Å². The highest BCUT2D eigenvalue weighted by atomic mass is 32.2. The Morgan fingerprint density at radius 3 is 2.57 bits per heavy atom. The second kappa shape index (κ2) is 9.25. The summed E-state index contributed by atoms with van der Waals surface area (Å²) in [6, 6.07) is 12.3. The van der Waals surface area contributed by atoms with Gasteiger partial charge in [-0.1, -0.05) is 18.2 Å². The molecule has 0 aliphatic heterocycles. The summed E-state index contributed by atoms with van der Waals surface area (Å²) in [6.07, 6.45) is 4.50. The maximum absolute atomic E-state index is 12.3. The summed E-state index contributed by atoms with van der Waals surface area (Å²) in [5.41, 5.74) is 9.36. The van der Waals surface area contributed by atoms with E-state index in [0.29, 0.717) is 5.56 Å². The minimum atomic E-state index is -3.61. The Labute approximate surface area is 176 Å². The number of carbonyl (C=O) groups is 1. The van der Waals surface area contributed by atoms with E-state index in [9.17, 15) is 13.2 Å². The molecule has 0 spiro atoms. The Morgan fingerprint density at radius 1 is 1.17 bits per heavy atom. The van der Waals surface area contributed by atoms with Gasteiger partial charge >= 0.3 is 0 Å². The van der Waals surface area contributed by atoms with Crippen molar-refractivity contribution in [2.24, 2.45) is 5.73 Å². The van der Waals surface area contributed by atoms with Crippen LogP contribution >= 0.6 is 0 Å². The van der Waals surface area contributed by atoms with Crippen LogP contribution in [0.3, 0.4) is 0 Å². The molecule has 0 aliphatic carbocycles. The van der Waals surface area contributed by atoms with Gasteiger partial charge in [-0.2, -0.15) is 0 Å². The highest BCUT2D eigenvalue weighted by Crippen LogP contribution is 2.21. The lowest BCUT2D eigenvalue weighted by atomic mass is 10.1. The predicted molar refractivity (Wildman–Crippen MR) is 120 cm³/mol. The lowest BCUT2D eigenvalue weighted by molar-refractivity contribution is 0.1000. The lowest BCUT2D eigenvalue weighted by Crippen LogP contribution is -2.20. The van der Waals surface area contributed by atoms with Gasteiger partial charge in [0.15, 0.2) is 0 Å². The van der Waals surface area contributed by atoms with Crippen molar-refractivity contribution >= 4 is 32.9 Å². The Kier molecular flexibility index (Phi) is 6.71. The highest BCUT2D eigenvalue weighted by molar-refractivity contribution is 7.92. The standard InChI is InChI=1S/C22H26N4O3S/c1-26(2)11-9-19-15-24-21-8-5-16(13-20(19)21)10-12-30(28,29)25-14-17-3-6-18(7-4-17)22(23)27/h3-8,10,12-13,15,24-25H,9,11,14H2,1-2H3,(H2,23,27). The van der Waals surface area contributed by atoms with E-state index in [0.717, 1.165) is 40.4 Å². The average Bonchev–Trinajstić information content (AvgIpc) is 3.12. The minimum absolute atomic E-state index is 0.122. The Balaban J connectivity index is 1.68. The molecule has 7 nitrogen and oxygen atoms in total. The fourth-order valence-corrected chi connectivity index (χ4v) is 3.84. The van der Waals surface area contributed by atoms with Gasteiger partial charge in [0, 0.05) is 41.2 Å². The first-order chi connectivity index (χ1) is 14.2. The summed E-state index contributed by atoms with van der Waals surface area (Å²) in [5.74, 6) is -0.519. The molecule has 0 radical (unpaired) electrons. The van der Waals surface area contributed by atoms with Crippen LogP contribution in [-0.4, -0.2) is 44.8 Å². The number of hydrogen-bond acceptors (Lipinski definition) is 4. The number of aromatic nitrogens is 1. The molecule has 0 atom stereocenters. The van der Waals surface area contributed by atoms with Crippen LogP contribution in [0.4, 0.5) is 0 Å². The van der Waals surface area contributed by atoms with E-state index in [-0.39, 0.29) is 6.54 Å². The number of nitrogens with one attached hydrogen (secondary N) is 2. The molecule has 3 rings (SSSR count). The van der Waals surface area contributed by atoms with Crippen LogP contribution in [0.25, 0.3) is 17.0 Å². The van der Waals surface area contributed by atoms with Crippen molar-refractivity contribution in [3.63, 3.8) is 0 Å². The van der Waals surface area contributed by atoms with Gasteiger partial charge in [-0.3, -0.25) is 4.79 Å². The number of nitrogens with zero attached hydrogens (tertiary/aromatic N) is 1. The topological polar surface area (TPSA) is 108 Å². The molecule has 4 N–H and O–H groups in total. The van der Waals surface area contributed by atoms with Crippen molar-refractivity contribution < 1.29 is 13.2 Å². The molecular formula is C22H26N4O3S. The van der Waals surface area contributed by atoms with Crippen molar-refractivity contribution in [1.82, 2.24) is 14.6 Å². The molecule has 0 unspecified atom stereocenters.